The number of pyridine rings is 1. The van der Waals surface area contributed by atoms with Gasteiger partial charge in [-0.25, -0.2) is 0 Å². The van der Waals surface area contributed by atoms with Crippen LogP contribution in [-0.4, -0.2) is 4.98 Å². The Bertz CT molecular complexity index is 412. The number of aromatic nitrogens is 1. The van der Waals surface area contributed by atoms with Gasteiger partial charge in [-0.05, 0) is 30.4 Å². The SMILES string of the molecule is N#Cc1c2c(c[nH]c1=O)CCC2. The van der Waals surface area contributed by atoms with Crippen LogP contribution >= 0.6 is 0 Å². The second kappa shape index (κ2) is 2.49. The zero-order valence-corrected chi connectivity index (χ0v) is 6.55. The van der Waals surface area contributed by atoms with Crippen molar-refractivity contribution in [3.05, 3.63) is 33.2 Å². The molecule has 0 unspecified atom stereocenters. The predicted octanol–water partition coefficient (Wildman–Crippen LogP) is 0.735. The van der Waals surface area contributed by atoms with E-state index in [1.54, 1.807) is 6.20 Å². The van der Waals surface area contributed by atoms with Gasteiger partial charge in [-0.2, -0.15) is 5.26 Å². The van der Waals surface area contributed by atoms with E-state index in [0.29, 0.717) is 5.56 Å². The Labute approximate surface area is 69.7 Å². The Morgan fingerprint density at radius 3 is 3.08 bits per heavy atom. The first-order valence-electron chi connectivity index (χ1n) is 3.96. The number of rotatable bonds is 0. The highest BCUT2D eigenvalue weighted by Gasteiger charge is 2.16. The van der Waals surface area contributed by atoms with Crippen molar-refractivity contribution in [1.29, 1.82) is 5.26 Å². The molecule has 2 rings (SSSR count). The van der Waals surface area contributed by atoms with Gasteiger partial charge in [0.1, 0.15) is 11.6 Å². The van der Waals surface area contributed by atoms with Crippen molar-refractivity contribution < 1.29 is 0 Å². The molecule has 1 aromatic rings. The van der Waals surface area contributed by atoms with Gasteiger partial charge >= 0.3 is 0 Å². The molecule has 1 aliphatic rings. The summed E-state index contributed by atoms with van der Waals surface area (Å²) >= 11 is 0. The Morgan fingerprint density at radius 1 is 1.50 bits per heavy atom. The molecule has 1 heterocycles. The summed E-state index contributed by atoms with van der Waals surface area (Å²) in [4.78, 5) is 13.7. The molecule has 60 valence electrons. The third-order valence-electron chi connectivity index (χ3n) is 2.28. The molecule has 3 heteroatoms. The van der Waals surface area contributed by atoms with Gasteiger partial charge in [-0.1, -0.05) is 0 Å². The molecule has 0 fully saturated rings. The molecule has 0 aliphatic heterocycles. The maximum Gasteiger partial charge on any atom is 0.266 e. The van der Waals surface area contributed by atoms with E-state index in [4.69, 9.17) is 5.26 Å². The van der Waals surface area contributed by atoms with Crippen molar-refractivity contribution in [1.82, 2.24) is 4.98 Å². The molecule has 1 aromatic heterocycles. The van der Waals surface area contributed by atoms with E-state index in [1.807, 2.05) is 6.07 Å². The van der Waals surface area contributed by atoms with E-state index < -0.39 is 0 Å². The van der Waals surface area contributed by atoms with Crippen molar-refractivity contribution in [3.8, 4) is 6.07 Å². The van der Waals surface area contributed by atoms with Crippen LogP contribution in [0.4, 0.5) is 0 Å². The van der Waals surface area contributed by atoms with E-state index in [-0.39, 0.29) is 5.56 Å². The molecule has 1 N–H and O–H groups in total. The molecule has 12 heavy (non-hydrogen) atoms. The second-order valence-electron chi connectivity index (χ2n) is 2.96. The fourth-order valence-electron chi connectivity index (χ4n) is 1.69. The highest BCUT2D eigenvalue weighted by atomic mass is 16.1. The fraction of sp³-hybridized carbons (Fsp3) is 0.333. The standard InChI is InChI=1S/C9H8N2O/c10-4-8-7-3-1-2-6(7)5-11-9(8)12/h5H,1-3H2,(H,11,12). The van der Waals surface area contributed by atoms with Crippen LogP contribution in [0.15, 0.2) is 11.0 Å². The predicted molar refractivity (Wildman–Crippen MR) is 43.8 cm³/mol. The third-order valence-corrected chi connectivity index (χ3v) is 2.28. The molecule has 0 amide bonds. The Morgan fingerprint density at radius 2 is 2.33 bits per heavy atom. The molecule has 0 aromatic carbocycles. The van der Waals surface area contributed by atoms with Gasteiger partial charge in [-0.3, -0.25) is 4.79 Å². The molecule has 0 bridgehead atoms. The van der Waals surface area contributed by atoms with Crippen LogP contribution in [-0.2, 0) is 12.8 Å². The number of aromatic amines is 1. The average Bonchev–Trinajstić information content (AvgIpc) is 2.52. The van der Waals surface area contributed by atoms with Crippen LogP contribution in [0, 0.1) is 11.3 Å². The third kappa shape index (κ3) is 0.850. The average molecular weight is 160 g/mol. The van der Waals surface area contributed by atoms with Crippen molar-refractivity contribution in [2.45, 2.75) is 19.3 Å². The molecule has 3 nitrogen and oxygen atoms in total. The minimum atomic E-state index is -0.252. The van der Waals surface area contributed by atoms with Crippen LogP contribution in [0.5, 0.6) is 0 Å². The first kappa shape index (κ1) is 7.11. The van der Waals surface area contributed by atoms with Crippen molar-refractivity contribution in [3.63, 3.8) is 0 Å². The van der Waals surface area contributed by atoms with Crippen molar-refractivity contribution >= 4 is 0 Å². The summed E-state index contributed by atoms with van der Waals surface area (Å²) in [7, 11) is 0. The highest BCUT2D eigenvalue weighted by molar-refractivity contribution is 5.42. The highest BCUT2D eigenvalue weighted by Crippen LogP contribution is 2.21. The number of fused-ring (bicyclic) bond motifs is 1. The molecule has 0 atom stereocenters. The molecule has 0 radical (unpaired) electrons. The zero-order valence-electron chi connectivity index (χ0n) is 6.55. The second-order valence-corrected chi connectivity index (χ2v) is 2.96. The van der Waals surface area contributed by atoms with E-state index >= 15 is 0 Å². The molecule has 0 saturated carbocycles. The normalized spacial score (nSPS) is 13.9. The first-order chi connectivity index (χ1) is 5.83. The number of nitrogens with one attached hydrogen (secondary N) is 1. The fourth-order valence-corrected chi connectivity index (χ4v) is 1.69. The number of hydrogen-bond acceptors (Lipinski definition) is 2. The zero-order chi connectivity index (χ0) is 8.55. The number of H-pyrrole nitrogens is 1. The lowest BCUT2D eigenvalue weighted by atomic mass is 10.1. The quantitative estimate of drug-likeness (QED) is 0.608. The molecule has 1 aliphatic carbocycles. The number of hydrogen-bond donors (Lipinski definition) is 1. The lowest BCUT2D eigenvalue weighted by Gasteiger charge is -1.98. The van der Waals surface area contributed by atoms with Gasteiger partial charge in [0.2, 0.25) is 0 Å². The molecular formula is C9H8N2O. The monoisotopic (exact) mass is 160 g/mol. The summed E-state index contributed by atoms with van der Waals surface area (Å²) in [6.07, 6.45) is 4.65. The largest absolute Gasteiger partial charge is 0.328 e. The molecule has 0 saturated heterocycles. The van der Waals surface area contributed by atoms with Gasteiger partial charge in [-0.15, -0.1) is 0 Å². The summed E-state index contributed by atoms with van der Waals surface area (Å²) in [6.45, 7) is 0. The first-order valence-corrected chi connectivity index (χ1v) is 3.96. The summed E-state index contributed by atoms with van der Waals surface area (Å²) in [5.74, 6) is 0. The number of nitriles is 1. The minimum Gasteiger partial charge on any atom is -0.328 e. The van der Waals surface area contributed by atoms with Crippen LogP contribution < -0.4 is 5.56 Å². The van der Waals surface area contributed by atoms with Gasteiger partial charge < -0.3 is 4.98 Å². The smallest absolute Gasteiger partial charge is 0.266 e. The van der Waals surface area contributed by atoms with Crippen LogP contribution in [0.2, 0.25) is 0 Å². The summed E-state index contributed by atoms with van der Waals surface area (Å²) < 4.78 is 0. The van der Waals surface area contributed by atoms with E-state index in [0.717, 1.165) is 30.4 Å². The van der Waals surface area contributed by atoms with Gasteiger partial charge in [0.15, 0.2) is 0 Å². The van der Waals surface area contributed by atoms with Crippen LogP contribution in [0.1, 0.15) is 23.1 Å². The van der Waals surface area contributed by atoms with E-state index in [9.17, 15) is 4.79 Å². The molecule has 0 spiro atoms. The van der Waals surface area contributed by atoms with Gasteiger partial charge in [0.25, 0.3) is 5.56 Å². The molecular weight excluding hydrogens is 152 g/mol. The maximum atomic E-state index is 11.1. The minimum absolute atomic E-state index is 0.252. The van der Waals surface area contributed by atoms with E-state index in [1.165, 1.54) is 0 Å². The maximum absolute atomic E-state index is 11.1. The van der Waals surface area contributed by atoms with Gasteiger partial charge in [0.05, 0.1) is 0 Å². The van der Waals surface area contributed by atoms with E-state index in [2.05, 4.69) is 4.98 Å². The van der Waals surface area contributed by atoms with Gasteiger partial charge in [0, 0.05) is 6.20 Å². The topological polar surface area (TPSA) is 56.6 Å². The van der Waals surface area contributed by atoms with Crippen LogP contribution in [0.3, 0.4) is 0 Å². The lowest BCUT2D eigenvalue weighted by molar-refractivity contribution is 0.910. The Balaban J connectivity index is 2.76. The Hall–Kier alpha value is -1.56. The van der Waals surface area contributed by atoms with Crippen molar-refractivity contribution in [2.75, 3.05) is 0 Å². The number of nitrogens with zero attached hydrogens (tertiary/aromatic N) is 1. The van der Waals surface area contributed by atoms with Crippen LogP contribution in [0.25, 0.3) is 0 Å². The Kier molecular flexibility index (Phi) is 1.47. The summed E-state index contributed by atoms with van der Waals surface area (Å²) in [6, 6.07) is 1.95. The summed E-state index contributed by atoms with van der Waals surface area (Å²) in [5, 5.41) is 8.71. The van der Waals surface area contributed by atoms with Crippen molar-refractivity contribution in [2.24, 2.45) is 0 Å². The summed E-state index contributed by atoms with van der Waals surface area (Å²) in [5.41, 5.74) is 2.15. The lowest BCUT2D eigenvalue weighted by Crippen LogP contribution is -2.12. The number of aryl methyl sites for hydroxylation is 1.